The highest BCUT2D eigenvalue weighted by atomic mass is 16.5. The Morgan fingerprint density at radius 1 is 1.00 bits per heavy atom. The molecule has 4 aromatic rings. The molecule has 0 spiro atoms. The number of imidazole rings is 1. The zero-order chi connectivity index (χ0) is 27.9. The first kappa shape index (κ1) is 27.6. The summed E-state index contributed by atoms with van der Waals surface area (Å²) in [5.74, 6) is 0.974. The maximum absolute atomic E-state index is 10.8. The number of amides is 1. The van der Waals surface area contributed by atoms with E-state index in [9.17, 15) is 4.79 Å². The molecular formula is C32H38N6O2. The second-order valence-corrected chi connectivity index (χ2v) is 10.7. The number of anilines is 1. The number of piperidine rings is 1. The fraction of sp³-hybridized carbons (Fsp3) is 0.344. The summed E-state index contributed by atoms with van der Waals surface area (Å²) < 4.78 is 7.70. The number of benzene rings is 2. The van der Waals surface area contributed by atoms with Gasteiger partial charge in [-0.3, -0.25) is 14.7 Å². The minimum atomic E-state index is 0.260. The van der Waals surface area contributed by atoms with Crippen molar-refractivity contribution in [1.82, 2.24) is 19.4 Å². The van der Waals surface area contributed by atoms with E-state index in [2.05, 4.69) is 44.5 Å². The number of aromatic nitrogens is 3. The summed E-state index contributed by atoms with van der Waals surface area (Å²) in [5, 5.41) is 2.75. The lowest BCUT2D eigenvalue weighted by Gasteiger charge is -2.30. The molecule has 2 aliphatic rings. The van der Waals surface area contributed by atoms with Crippen LogP contribution < -0.4 is 15.8 Å². The Labute approximate surface area is 236 Å². The van der Waals surface area contributed by atoms with Crippen molar-refractivity contribution in [3.05, 3.63) is 90.3 Å². The van der Waals surface area contributed by atoms with Gasteiger partial charge in [0.1, 0.15) is 5.75 Å². The molecule has 40 heavy (non-hydrogen) atoms. The molecule has 2 fully saturated rings. The number of hydrogen-bond acceptors (Lipinski definition) is 6. The summed E-state index contributed by atoms with van der Waals surface area (Å²) in [6.45, 7) is 6.79. The molecule has 2 aromatic heterocycles. The molecule has 1 atom stereocenters. The smallest absolute Gasteiger partial charge is 0.211 e. The summed E-state index contributed by atoms with van der Waals surface area (Å²) in [5.41, 5.74) is 13.4. The van der Waals surface area contributed by atoms with Crippen molar-refractivity contribution < 1.29 is 9.53 Å². The van der Waals surface area contributed by atoms with Gasteiger partial charge in [0, 0.05) is 48.6 Å². The second kappa shape index (κ2) is 12.9. The highest BCUT2D eigenvalue weighted by Crippen LogP contribution is 2.28. The van der Waals surface area contributed by atoms with Crippen LogP contribution in [-0.4, -0.2) is 51.1 Å². The predicted molar refractivity (Wildman–Crippen MR) is 159 cm³/mol. The standard InChI is InChI=1S/C17H23N5O.C15H15NO/c1-13-8-22(11-19-13)17-6-14(5-16(7-17)20-12-23)9-21-4-2-3-15(18)10-21;1-11-10-13(8-9-16-11)12-2-4-14(5-3-12)17-15-6-7-15/h5-8,11-12,15H,2-4,9-10,18H2,1H3,(H,20,23);2-5,8-10,15H,6-7H2,1H3. The minimum absolute atomic E-state index is 0.260. The van der Waals surface area contributed by atoms with Crippen molar-refractivity contribution in [2.45, 2.75) is 58.2 Å². The summed E-state index contributed by atoms with van der Waals surface area (Å²) in [6.07, 6.45) is 11.4. The number of carbonyl (C=O) groups is 1. The lowest BCUT2D eigenvalue weighted by molar-refractivity contribution is -0.105. The zero-order valence-electron chi connectivity index (χ0n) is 23.3. The van der Waals surface area contributed by atoms with Gasteiger partial charge in [-0.2, -0.15) is 0 Å². The van der Waals surface area contributed by atoms with Crippen LogP contribution in [0.1, 0.15) is 42.6 Å². The number of rotatable bonds is 8. The van der Waals surface area contributed by atoms with Crippen LogP contribution in [0.15, 0.2) is 73.3 Å². The van der Waals surface area contributed by atoms with E-state index in [4.69, 9.17) is 10.5 Å². The first-order valence-corrected chi connectivity index (χ1v) is 14.0. The van der Waals surface area contributed by atoms with Gasteiger partial charge in [0.2, 0.25) is 6.41 Å². The average molecular weight is 539 g/mol. The van der Waals surface area contributed by atoms with Gasteiger partial charge in [0.15, 0.2) is 0 Å². The molecule has 6 rings (SSSR count). The Morgan fingerprint density at radius 2 is 1.82 bits per heavy atom. The third-order valence-corrected chi connectivity index (χ3v) is 7.07. The quantitative estimate of drug-likeness (QED) is 0.297. The maximum Gasteiger partial charge on any atom is 0.211 e. The van der Waals surface area contributed by atoms with E-state index >= 15 is 0 Å². The number of nitrogens with two attached hydrogens (primary N) is 1. The molecular weight excluding hydrogens is 500 g/mol. The van der Waals surface area contributed by atoms with Crippen LogP contribution in [0.4, 0.5) is 5.69 Å². The number of nitrogens with one attached hydrogen (secondary N) is 1. The van der Waals surface area contributed by atoms with Crippen molar-refractivity contribution in [3.8, 4) is 22.6 Å². The van der Waals surface area contributed by atoms with E-state index in [0.29, 0.717) is 12.5 Å². The number of pyridine rings is 1. The third kappa shape index (κ3) is 7.77. The van der Waals surface area contributed by atoms with Crippen molar-refractivity contribution in [2.24, 2.45) is 5.73 Å². The fourth-order valence-corrected chi connectivity index (χ4v) is 4.95. The van der Waals surface area contributed by atoms with Crippen LogP contribution in [0, 0.1) is 13.8 Å². The molecule has 1 saturated heterocycles. The molecule has 8 heteroatoms. The zero-order valence-corrected chi connectivity index (χ0v) is 23.3. The van der Waals surface area contributed by atoms with Gasteiger partial charge in [0.05, 0.1) is 18.1 Å². The molecule has 8 nitrogen and oxygen atoms in total. The highest BCUT2D eigenvalue weighted by Gasteiger charge is 2.23. The Bertz CT molecular complexity index is 1410. The van der Waals surface area contributed by atoms with Crippen molar-refractivity contribution >= 4 is 12.1 Å². The van der Waals surface area contributed by atoms with Gasteiger partial charge < -0.3 is 20.4 Å². The number of carbonyl (C=O) groups excluding carboxylic acids is 1. The van der Waals surface area contributed by atoms with E-state index in [-0.39, 0.29) is 6.04 Å². The molecule has 0 radical (unpaired) electrons. The second-order valence-electron chi connectivity index (χ2n) is 10.7. The highest BCUT2D eigenvalue weighted by molar-refractivity contribution is 5.73. The van der Waals surface area contributed by atoms with Gasteiger partial charge >= 0.3 is 0 Å². The first-order chi connectivity index (χ1) is 19.4. The van der Waals surface area contributed by atoms with Gasteiger partial charge in [0.25, 0.3) is 0 Å². The van der Waals surface area contributed by atoms with E-state index < -0.39 is 0 Å². The van der Waals surface area contributed by atoms with Gasteiger partial charge in [-0.15, -0.1) is 0 Å². The van der Waals surface area contributed by atoms with Crippen LogP contribution >= 0.6 is 0 Å². The van der Waals surface area contributed by atoms with E-state index in [1.807, 2.05) is 61.1 Å². The Balaban J connectivity index is 0.000000168. The topological polar surface area (TPSA) is 98.3 Å². The van der Waals surface area contributed by atoms with Crippen LogP contribution in [0.5, 0.6) is 5.75 Å². The minimum Gasteiger partial charge on any atom is -0.490 e. The molecule has 3 N–H and O–H groups in total. The molecule has 1 aliphatic heterocycles. The first-order valence-electron chi connectivity index (χ1n) is 14.0. The predicted octanol–water partition coefficient (Wildman–Crippen LogP) is 5.27. The Hall–Kier alpha value is -4.01. The lowest BCUT2D eigenvalue weighted by atomic mass is 10.1. The SMILES string of the molecule is Cc1cc(-c2ccc(OC3CC3)cc2)ccn1.Cc1cn(-c2cc(CN3CCCC(N)C3)cc(NC=O)c2)cn1. The normalized spacial score (nSPS) is 17.0. The van der Waals surface area contributed by atoms with Crippen molar-refractivity contribution in [1.29, 1.82) is 0 Å². The summed E-state index contributed by atoms with van der Waals surface area (Å²) in [6, 6.07) is 18.8. The van der Waals surface area contributed by atoms with Gasteiger partial charge in [-0.05, 0) is 105 Å². The molecule has 0 bridgehead atoms. The van der Waals surface area contributed by atoms with E-state index in [1.165, 1.54) is 24.0 Å². The van der Waals surface area contributed by atoms with Crippen molar-refractivity contribution in [2.75, 3.05) is 18.4 Å². The van der Waals surface area contributed by atoms with Crippen LogP contribution in [0.3, 0.4) is 0 Å². The molecule has 1 aliphatic carbocycles. The Kier molecular flexibility index (Phi) is 8.88. The average Bonchev–Trinajstić information content (AvgIpc) is 3.65. The number of likely N-dealkylation sites (tertiary alicyclic amines) is 1. The number of aryl methyl sites for hydroxylation is 2. The van der Waals surface area contributed by atoms with Gasteiger partial charge in [-0.1, -0.05) is 12.1 Å². The molecule has 1 saturated carbocycles. The van der Waals surface area contributed by atoms with Gasteiger partial charge in [-0.25, -0.2) is 4.98 Å². The maximum atomic E-state index is 10.8. The fourth-order valence-electron chi connectivity index (χ4n) is 4.95. The van der Waals surface area contributed by atoms with Crippen LogP contribution in [0.25, 0.3) is 16.8 Å². The monoisotopic (exact) mass is 538 g/mol. The number of hydrogen-bond donors (Lipinski definition) is 2. The molecule has 2 aromatic carbocycles. The van der Waals surface area contributed by atoms with E-state index in [1.54, 1.807) is 6.33 Å². The lowest BCUT2D eigenvalue weighted by Crippen LogP contribution is -2.42. The van der Waals surface area contributed by atoms with Crippen molar-refractivity contribution in [3.63, 3.8) is 0 Å². The molecule has 3 heterocycles. The number of ether oxygens (including phenoxy) is 1. The summed E-state index contributed by atoms with van der Waals surface area (Å²) >= 11 is 0. The molecule has 1 unspecified atom stereocenters. The summed E-state index contributed by atoms with van der Waals surface area (Å²) in [7, 11) is 0. The Morgan fingerprint density at radius 3 is 2.50 bits per heavy atom. The largest absolute Gasteiger partial charge is 0.490 e. The van der Waals surface area contributed by atoms with E-state index in [0.717, 1.165) is 66.6 Å². The number of nitrogens with zero attached hydrogens (tertiary/aromatic N) is 4. The van der Waals surface area contributed by atoms with Crippen LogP contribution in [0.2, 0.25) is 0 Å². The van der Waals surface area contributed by atoms with Crippen LogP contribution in [-0.2, 0) is 11.3 Å². The summed E-state index contributed by atoms with van der Waals surface area (Å²) in [4.78, 5) is 21.7. The molecule has 1 amide bonds. The molecule has 208 valence electrons. The third-order valence-electron chi connectivity index (χ3n) is 7.07.